The van der Waals surface area contributed by atoms with E-state index in [1.54, 1.807) is 30.4 Å². The summed E-state index contributed by atoms with van der Waals surface area (Å²) in [5.41, 5.74) is 0.291. The summed E-state index contributed by atoms with van der Waals surface area (Å²) < 4.78 is 9.88. The van der Waals surface area contributed by atoms with Gasteiger partial charge in [-0.1, -0.05) is 6.58 Å². The largest absolute Gasteiger partial charge is 0.426 e. The van der Waals surface area contributed by atoms with Gasteiger partial charge in [0.25, 0.3) is 0 Å². The zero-order valence-corrected chi connectivity index (χ0v) is 16.5. The average molecular weight is 397 g/mol. The Kier molecular flexibility index (Phi) is 4.51. The first kappa shape index (κ1) is 17.3. The molecule has 4 nitrogen and oxygen atoms in total. The second-order valence-electron chi connectivity index (χ2n) is 5.41. The van der Waals surface area contributed by atoms with Crippen LogP contribution in [-0.4, -0.2) is 34.2 Å². The van der Waals surface area contributed by atoms with Gasteiger partial charge in [0.15, 0.2) is 4.08 Å². The molecule has 0 aromatic rings. The zero-order chi connectivity index (χ0) is 16.2. The van der Waals surface area contributed by atoms with Crippen molar-refractivity contribution in [3.05, 3.63) is 12.2 Å². The first-order valence-corrected chi connectivity index (χ1v) is 10.8. The monoisotopic (exact) mass is 396 g/mol. The molecule has 9 heteroatoms. The van der Waals surface area contributed by atoms with Crippen molar-refractivity contribution in [2.75, 3.05) is 6.79 Å². The third kappa shape index (κ3) is 3.16. The van der Waals surface area contributed by atoms with Gasteiger partial charge in [0.1, 0.15) is 6.82 Å². The minimum absolute atomic E-state index is 0.0262. The number of thioether (sulfide) groups is 5. The van der Waals surface area contributed by atoms with Gasteiger partial charge in [-0.25, -0.2) is 9.59 Å². The van der Waals surface area contributed by atoms with E-state index < -0.39 is 10.0 Å². The second kappa shape index (κ2) is 5.75. The Morgan fingerprint density at radius 3 is 2.23 bits per heavy atom. The molecule has 4 bridgehead atoms. The molecule has 0 aromatic carbocycles. The van der Waals surface area contributed by atoms with Crippen LogP contribution in [0.4, 0.5) is 0 Å². The fraction of sp³-hybridized carbons (Fsp3) is 0.692. The van der Waals surface area contributed by atoms with Gasteiger partial charge >= 0.3 is 11.9 Å². The van der Waals surface area contributed by atoms with Crippen LogP contribution >= 0.6 is 58.8 Å². The van der Waals surface area contributed by atoms with Crippen molar-refractivity contribution in [3.8, 4) is 0 Å². The van der Waals surface area contributed by atoms with Crippen molar-refractivity contribution in [2.24, 2.45) is 0 Å². The van der Waals surface area contributed by atoms with Crippen molar-refractivity contribution >= 4 is 70.7 Å². The van der Waals surface area contributed by atoms with Crippen LogP contribution in [0.5, 0.6) is 0 Å². The van der Waals surface area contributed by atoms with E-state index in [9.17, 15) is 9.59 Å². The molecule has 0 N–H and O–H groups in total. The van der Waals surface area contributed by atoms with Crippen LogP contribution in [0.1, 0.15) is 27.2 Å². The number of hydrogen-bond acceptors (Lipinski definition) is 9. The fourth-order valence-corrected chi connectivity index (χ4v) is 17.9. The molecule has 122 valence electrons. The Bertz CT molecular complexity index is 533. The van der Waals surface area contributed by atoms with E-state index in [2.05, 4.69) is 20.4 Å². The molecule has 4 saturated heterocycles. The maximum absolute atomic E-state index is 12.6. The minimum atomic E-state index is -0.592. The lowest BCUT2D eigenvalue weighted by Crippen LogP contribution is -2.54. The van der Waals surface area contributed by atoms with Crippen LogP contribution < -0.4 is 0 Å². The van der Waals surface area contributed by atoms with Gasteiger partial charge < -0.3 is 9.47 Å². The Hall–Kier alpha value is 0.430. The quantitative estimate of drug-likeness (QED) is 0.397. The standard InChI is InChI=1S/C13H16O4S5/c1-7(2)9(14)16-6-17-10(15)13-5-8-18-11(3,21-13)20-12(4,19-8)22-13/h8H,1,5-6H2,2-4H3. The van der Waals surface area contributed by atoms with E-state index in [4.69, 9.17) is 9.47 Å². The van der Waals surface area contributed by atoms with Gasteiger partial charge in [-0.05, 0) is 20.8 Å². The van der Waals surface area contributed by atoms with Gasteiger partial charge in [-0.15, -0.1) is 58.8 Å². The van der Waals surface area contributed by atoms with E-state index in [1.165, 1.54) is 0 Å². The topological polar surface area (TPSA) is 52.6 Å². The lowest BCUT2D eigenvalue weighted by Gasteiger charge is -2.60. The predicted molar refractivity (Wildman–Crippen MR) is 97.8 cm³/mol. The van der Waals surface area contributed by atoms with Crippen molar-refractivity contribution in [3.63, 3.8) is 0 Å². The Morgan fingerprint density at radius 2 is 1.73 bits per heavy atom. The van der Waals surface area contributed by atoms with Crippen LogP contribution in [0.25, 0.3) is 0 Å². The van der Waals surface area contributed by atoms with Crippen LogP contribution in [0.2, 0.25) is 0 Å². The molecular formula is C13H16O4S5. The lowest BCUT2D eigenvalue weighted by molar-refractivity contribution is -0.164. The Labute approximate surface area is 151 Å². The third-order valence-electron chi connectivity index (χ3n) is 3.24. The zero-order valence-electron chi connectivity index (χ0n) is 12.4. The van der Waals surface area contributed by atoms with Crippen LogP contribution in [0.15, 0.2) is 12.2 Å². The van der Waals surface area contributed by atoms with Crippen LogP contribution in [0, 0.1) is 0 Å². The molecule has 4 aliphatic rings. The van der Waals surface area contributed by atoms with Crippen LogP contribution in [-0.2, 0) is 19.1 Å². The number of ether oxygens (including phenoxy) is 2. The number of carbonyl (C=O) groups excluding carboxylic acids is 2. The smallest absolute Gasteiger partial charge is 0.335 e. The molecule has 0 saturated carbocycles. The molecule has 2 atom stereocenters. The molecule has 0 spiro atoms. The Morgan fingerprint density at radius 1 is 1.14 bits per heavy atom. The highest BCUT2D eigenvalue weighted by Gasteiger charge is 2.67. The highest BCUT2D eigenvalue weighted by Crippen LogP contribution is 2.81. The lowest BCUT2D eigenvalue weighted by atomic mass is 10.3. The molecule has 0 radical (unpaired) electrons. The van der Waals surface area contributed by atoms with Crippen LogP contribution in [0.3, 0.4) is 0 Å². The molecule has 4 rings (SSSR count). The maximum Gasteiger partial charge on any atom is 0.335 e. The summed E-state index contributed by atoms with van der Waals surface area (Å²) in [4.78, 5) is 24.0. The average Bonchev–Trinajstić information content (AvgIpc) is 2.33. The SMILES string of the molecule is C=C(C)C(=O)OCOC(=O)C12CC3SC(C)(SC(C)(S3)S1)S2. The van der Waals surface area contributed by atoms with Gasteiger partial charge in [0.2, 0.25) is 6.79 Å². The fourth-order valence-electron chi connectivity index (χ4n) is 2.52. The molecule has 0 aliphatic carbocycles. The van der Waals surface area contributed by atoms with Crippen molar-refractivity contribution in [1.29, 1.82) is 0 Å². The number of hydrogen-bond donors (Lipinski definition) is 0. The maximum atomic E-state index is 12.6. The summed E-state index contributed by atoms with van der Waals surface area (Å²) in [7, 11) is 0. The van der Waals surface area contributed by atoms with E-state index >= 15 is 0 Å². The van der Waals surface area contributed by atoms with Crippen molar-refractivity contribution in [1.82, 2.24) is 0 Å². The van der Waals surface area contributed by atoms with Gasteiger partial charge in [-0.3, -0.25) is 0 Å². The molecule has 0 aromatic heterocycles. The van der Waals surface area contributed by atoms with Crippen molar-refractivity contribution < 1.29 is 19.1 Å². The van der Waals surface area contributed by atoms with E-state index in [1.807, 2.05) is 35.3 Å². The molecular weight excluding hydrogens is 380 g/mol. The predicted octanol–water partition coefficient (Wildman–Crippen LogP) is 4.07. The second-order valence-corrected chi connectivity index (χ2v) is 16.0. The third-order valence-corrected chi connectivity index (χ3v) is 12.0. The van der Waals surface area contributed by atoms with Gasteiger partial charge in [0, 0.05) is 12.0 Å². The molecule has 2 unspecified atom stereocenters. The van der Waals surface area contributed by atoms with Gasteiger partial charge in [0.05, 0.1) is 4.58 Å². The molecule has 4 fully saturated rings. The van der Waals surface area contributed by atoms with E-state index in [0.29, 0.717) is 10.2 Å². The van der Waals surface area contributed by atoms with Gasteiger partial charge in [-0.2, -0.15) is 0 Å². The summed E-state index contributed by atoms with van der Waals surface area (Å²) in [6.07, 6.45) is 0.774. The number of carbonyl (C=O) groups is 2. The molecule has 0 amide bonds. The first-order chi connectivity index (χ1) is 10.2. The minimum Gasteiger partial charge on any atom is -0.426 e. The highest BCUT2D eigenvalue weighted by molar-refractivity contribution is 8.54. The van der Waals surface area contributed by atoms with Crippen molar-refractivity contribution in [2.45, 2.75) is 42.7 Å². The summed E-state index contributed by atoms with van der Waals surface area (Å²) in [6, 6.07) is 0. The number of rotatable bonds is 4. The number of esters is 2. The summed E-state index contributed by atoms with van der Waals surface area (Å²) >= 11 is 9.11. The summed E-state index contributed by atoms with van der Waals surface area (Å²) in [6.45, 7) is 9.06. The first-order valence-electron chi connectivity index (χ1n) is 6.61. The molecule has 4 aliphatic heterocycles. The van der Waals surface area contributed by atoms with E-state index in [0.717, 1.165) is 6.42 Å². The highest BCUT2D eigenvalue weighted by atomic mass is 32.3. The van der Waals surface area contributed by atoms with E-state index in [-0.39, 0.29) is 19.6 Å². The summed E-state index contributed by atoms with van der Waals surface area (Å²) in [5.74, 6) is -0.834. The normalized spacial score (nSPS) is 42.0. The Balaban J connectivity index is 1.67. The molecule has 22 heavy (non-hydrogen) atoms. The molecule has 4 heterocycles. The summed E-state index contributed by atoms with van der Waals surface area (Å²) in [5, 5.41) is 0.